The summed E-state index contributed by atoms with van der Waals surface area (Å²) in [5.41, 5.74) is 3.51. The monoisotopic (exact) mass is 388 g/mol. The fourth-order valence-electron chi connectivity index (χ4n) is 2.52. The van der Waals surface area contributed by atoms with Gasteiger partial charge in [-0.25, -0.2) is 13.1 Å². The zero-order valence-electron chi connectivity index (χ0n) is 14.6. The fraction of sp³-hybridized carbons (Fsp3) is 0.211. The quantitative estimate of drug-likeness (QED) is 0.664. The lowest BCUT2D eigenvalue weighted by molar-refractivity contribution is 0.337. The van der Waals surface area contributed by atoms with Gasteiger partial charge >= 0.3 is 0 Å². The first kappa shape index (κ1) is 18.6. The molecule has 0 aliphatic heterocycles. The third-order valence-corrected chi connectivity index (χ3v) is 5.95. The van der Waals surface area contributed by atoms with Gasteiger partial charge < -0.3 is 4.74 Å². The fourth-order valence-corrected chi connectivity index (χ4v) is 4.27. The van der Waals surface area contributed by atoms with E-state index < -0.39 is 10.0 Å². The summed E-state index contributed by atoms with van der Waals surface area (Å²) < 4.78 is 33.3. The van der Waals surface area contributed by atoms with Crippen LogP contribution in [0, 0.1) is 6.92 Å². The molecule has 0 spiro atoms. The van der Waals surface area contributed by atoms with Crippen LogP contribution in [0.4, 0.5) is 0 Å². The maximum absolute atomic E-state index is 12.6. The zero-order valence-corrected chi connectivity index (χ0v) is 16.2. The van der Waals surface area contributed by atoms with Crippen LogP contribution in [0.2, 0.25) is 0 Å². The Kier molecular flexibility index (Phi) is 5.70. The minimum atomic E-state index is -3.60. The molecular formula is C19H20N2O3S2. The predicted molar refractivity (Wildman–Crippen MR) is 104 cm³/mol. The number of aromatic nitrogens is 1. The highest BCUT2D eigenvalue weighted by Gasteiger charge is 2.15. The summed E-state index contributed by atoms with van der Waals surface area (Å²) in [5, 5.41) is 4.00. The summed E-state index contributed by atoms with van der Waals surface area (Å²) in [6, 6.07) is 10.6. The van der Waals surface area contributed by atoms with Gasteiger partial charge in [-0.2, -0.15) is 11.3 Å². The van der Waals surface area contributed by atoms with E-state index in [1.807, 2.05) is 42.8 Å². The van der Waals surface area contributed by atoms with Crippen LogP contribution in [0.3, 0.4) is 0 Å². The van der Waals surface area contributed by atoms with Crippen molar-refractivity contribution in [2.45, 2.75) is 25.3 Å². The van der Waals surface area contributed by atoms with Crippen LogP contribution < -0.4 is 9.46 Å². The van der Waals surface area contributed by atoms with Crippen molar-refractivity contribution in [1.29, 1.82) is 0 Å². The Labute approximate surface area is 157 Å². The van der Waals surface area contributed by atoms with Crippen molar-refractivity contribution >= 4 is 21.4 Å². The van der Waals surface area contributed by atoms with Gasteiger partial charge in [-0.3, -0.25) is 4.98 Å². The van der Waals surface area contributed by atoms with Crippen molar-refractivity contribution in [3.05, 3.63) is 64.5 Å². The van der Waals surface area contributed by atoms with Gasteiger partial charge in [0.05, 0.1) is 17.2 Å². The molecule has 0 saturated heterocycles. The first-order valence-corrected chi connectivity index (χ1v) is 10.6. The summed E-state index contributed by atoms with van der Waals surface area (Å²) in [7, 11) is -3.60. The number of rotatable bonds is 7. The molecule has 0 amide bonds. The molecule has 3 aromatic rings. The van der Waals surface area contributed by atoms with Crippen molar-refractivity contribution in [3.8, 4) is 17.0 Å². The van der Waals surface area contributed by atoms with Crippen LogP contribution in [-0.2, 0) is 16.6 Å². The number of aryl methyl sites for hydroxylation is 1. The van der Waals surface area contributed by atoms with Crippen LogP contribution in [-0.4, -0.2) is 20.0 Å². The van der Waals surface area contributed by atoms with E-state index in [0.29, 0.717) is 12.4 Å². The molecule has 0 bridgehead atoms. The average molecular weight is 389 g/mol. The van der Waals surface area contributed by atoms with Crippen LogP contribution in [0.25, 0.3) is 11.3 Å². The molecule has 26 heavy (non-hydrogen) atoms. The van der Waals surface area contributed by atoms with Crippen LogP contribution in [0.5, 0.6) is 5.75 Å². The Morgan fingerprint density at radius 2 is 2.04 bits per heavy atom. The van der Waals surface area contributed by atoms with Crippen molar-refractivity contribution in [1.82, 2.24) is 9.71 Å². The number of pyridine rings is 1. The Bertz CT molecular complexity index is 984. The molecule has 0 aliphatic carbocycles. The molecule has 0 atom stereocenters. The second-order valence-electron chi connectivity index (χ2n) is 5.75. The largest absolute Gasteiger partial charge is 0.494 e. The van der Waals surface area contributed by atoms with Crippen LogP contribution >= 0.6 is 11.3 Å². The van der Waals surface area contributed by atoms with Gasteiger partial charge in [-0.05, 0) is 66.8 Å². The number of nitrogens with zero attached hydrogens (tertiary/aromatic N) is 1. The highest BCUT2D eigenvalue weighted by atomic mass is 32.2. The number of ether oxygens (including phenoxy) is 1. The Morgan fingerprint density at radius 1 is 1.19 bits per heavy atom. The van der Waals surface area contributed by atoms with Gasteiger partial charge in [0.2, 0.25) is 10.0 Å². The maximum Gasteiger partial charge on any atom is 0.240 e. The molecule has 7 heteroatoms. The molecule has 2 aromatic heterocycles. The van der Waals surface area contributed by atoms with Crippen molar-refractivity contribution in [2.24, 2.45) is 0 Å². The molecule has 0 unspecified atom stereocenters. The van der Waals surface area contributed by atoms with E-state index in [-0.39, 0.29) is 11.4 Å². The van der Waals surface area contributed by atoms with Gasteiger partial charge in [0.1, 0.15) is 5.75 Å². The minimum absolute atomic E-state index is 0.203. The average Bonchev–Trinajstić information content (AvgIpc) is 3.17. The Hall–Kier alpha value is -2.22. The molecule has 0 radical (unpaired) electrons. The normalized spacial score (nSPS) is 11.5. The van der Waals surface area contributed by atoms with E-state index in [1.54, 1.807) is 35.7 Å². The summed E-state index contributed by atoms with van der Waals surface area (Å²) >= 11 is 1.60. The van der Waals surface area contributed by atoms with Gasteiger partial charge in [0.25, 0.3) is 0 Å². The summed E-state index contributed by atoms with van der Waals surface area (Å²) in [4.78, 5) is 4.57. The highest BCUT2D eigenvalue weighted by molar-refractivity contribution is 7.89. The molecule has 5 nitrogen and oxygen atoms in total. The smallest absolute Gasteiger partial charge is 0.240 e. The van der Waals surface area contributed by atoms with E-state index in [1.165, 1.54) is 0 Å². The van der Waals surface area contributed by atoms with E-state index in [0.717, 1.165) is 22.4 Å². The molecule has 0 saturated carbocycles. The van der Waals surface area contributed by atoms with Crippen molar-refractivity contribution in [3.63, 3.8) is 0 Å². The summed E-state index contributed by atoms with van der Waals surface area (Å²) in [6.07, 6.45) is 1.69. The molecule has 3 rings (SSSR count). The van der Waals surface area contributed by atoms with Crippen molar-refractivity contribution in [2.75, 3.05) is 6.61 Å². The number of hydrogen-bond donors (Lipinski definition) is 1. The molecule has 1 aromatic carbocycles. The first-order chi connectivity index (χ1) is 12.5. The van der Waals surface area contributed by atoms with E-state index in [4.69, 9.17) is 4.74 Å². The second kappa shape index (κ2) is 7.99. The van der Waals surface area contributed by atoms with E-state index >= 15 is 0 Å². The molecule has 0 aliphatic rings. The number of thiophene rings is 1. The summed E-state index contributed by atoms with van der Waals surface area (Å²) in [6.45, 7) is 4.47. The summed E-state index contributed by atoms with van der Waals surface area (Å²) in [5.74, 6) is 0.695. The maximum atomic E-state index is 12.6. The molecule has 136 valence electrons. The van der Waals surface area contributed by atoms with E-state index in [2.05, 4.69) is 9.71 Å². The van der Waals surface area contributed by atoms with Gasteiger partial charge in [-0.1, -0.05) is 0 Å². The highest BCUT2D eigenvalue weighted by Crippen LogP contribution is 2.23. The van der Waals surface area contributed by atoms with Crippen LogP contribution in [0.15, 0.2) is 58.3 Å². The molecule has 1 N–H and O–H groups in total. The third-order valence-electron chi connectivity index (χ3n) is 3.86. The second-order valence-corrected chi connectivity index (χ2v) is 8.29. The van der Waals surface area contributed by atoms with Gasteiger partial charge in [0.15, 0.2) is 0 Å². The SMILES string of the molecule is CCOc1ccc(S(=O)(=O)NCc2ccnc(-c3ccsc3)c2)cc1C. The van der Waals surface area contributed by atoms with Crippen LogP contribution in [0.1, 0.15) is 18.1 Å². The number of hydrogen-bond acceptors (Lipinski definition) is 5. The van der Waals surface area contributed by atoms with Crippen molar-refractivity contribution < 1.29 is 13.2 Å². The minimum Gasteiger partial charge on any atom is -0.494 e. The number of sulfonamides is 1. The van der Waals surface area contributed by atoms with Gasteiger partial charge in [0, 0.05) is 23.7 Å². The van der Waals surface area contributed by atoms with Gasteiger partial charge in [-0.15, -0.1) is 0 Å². The molecular weight excluding hydrogens is 368 g/mol. The Balaban J connectivity index is 1.74. The lowest BCUT2D eigenvalue weighted by Gasteiger charge is -2.11. The topological polar surface area (TPSA) is 68.3 Å². The standard InChI is InChI=1S/C19H20N2O3S2/c1-3-24-19-5-4-17(10-14(19)2)26(22,23)21-12-15-6-8-20-18(11-15)16-7-9-25-13-16/h4-11,13,21H,3,12H2,1-2H3. The Morgan fingerprint density at radius 3 is 2.73 bits per heavy atom. The third kappa shape index (κ3) is 4.30. The lowest BCUT2D eigenvalue weighted by atomic mass is 10.1. The lowest BCUT2D eigenvalue weighted by Crippen LogP contribution is -2.23. The zero-order chi connectivity index (χ0) is 18.6. The first-order valence-electron chi connectivity index (χ1n) is 8.20. The number of nitrogens with one attached hydrogen (secondary N) is 1. The van der Waals surface area contributed by atoms with E-state index in [9.17, 15) is 8.42 Å². The molecule has 2 heterocycles. The molecule has 0 fully saturated rings. The predicted octanol–water partition coefficient (Wildman–Crippen LogP) is 4.00. The number of benzene rings is 1.